The van der Waals surface area contributed by atoms with Gasteiger partial charge < -0.3 is 11.1 Å². The molecule has 3 N–H and O–H groups in total. The van der Waals surface area contributed by atoms with Crippen LogP contribution in [0.15, 0.2) is 36.6 Å². The molecule has 0 unspecified atom stereocenters. The van der Waals surface area contributed by atoms with Crippen molar-refractivity contribution in [2.45, 2.75) is 19.8 Å². The molecule has 13 heavy (non-hydrogen) atoms. The van der Waals surface area contributed by atoms with Gasteiger partial charge >= 0.3 is 0 Å². The molecule has 0 atom stereocenters. The maximum absolute atomic E-state index is 5.18. The van der Waals surface area contributed by atoms with Crippen molar-refractivity contribution in [1.82, 2.24) is 5.32 Å². The minimum atomic E-state index is 0.995. The maximum Gasteiger partial charge on any atom is -0.000857 e. The first kappa shape index (κ1) is 12.0. The Balaban J connectivity index is 3.40. The molecule has 0 radical (unpaired) electrons. The van der Waals surface area contributed by atoms with E-state index in [2.05, 4.69) is 18.8 Å². The molecule has 0 aromatic heterocycles. The first-order valence-corrected chi connectivity index (χ1v) is 4.74. The Kier molecular flexibility index (Phi) is 8.36. The highest BCUT2D eigenvalue weighted by Gasteiger charge is 1.87. The van der Waals surface area contributed by atoms with E-state index in [9.17, 15) is 0 Å². The van der Waals surface area contributed by atoms with Crippen molar-refractivity contribution >= 4 is 0 Å². The molecule has 0 aromatic carbocycles. The number of nitrogens with one attached hydrogen (secondary N) is 1. The summed E-state index contributed by atoms with van der Waals surface area (Å²) in [5.74, 6) is 0. The molecule has 0 bridgehead atoms. The minimum absolute atomic E-state index is 0.995. The predicted molar refractivity (Wildman–Crippen MR) is 59.4 cm³/mol. The Morgan fingerprint density at radius 2 is 2.15 bits per heavy atom. The zero-order valence-corrected chi connectivity index (χ0v) is 8.42. The molecule has 0 saturated heterocycles. The van der Waals surface area contributed by atoms with Gasteiger partial charge in [0, 0.05) is 0 Å². The van der Waals surface area contributed by atoms with Gasteiger partial charge in [-0.25, -0.2) is 0 Å². The fourth-order valence-electron chi connectivity index (χ4n) is 0.890. The van der Waals surface area contributed by atoms with Crippen molar-refractivity contribution < 1.29 is 0 Å². The summed E-state index contributed by atoms with van der Waals surface area (Å²) in [6, 6.07) is 0. The number of nitrogens with two attached hydrogens (primary N) is 1. The second-order valence-electron chi connectivity index (χ2n) is 2.90. The van der Waals surface area contributed by atoms with Crippen LogP contribution in [0, 0.1) is 0 Å². The lowest BCUT2D eigenvalue weighted by Crippen LogP contribution is -2.15. The average Bonchev–Trinajstić information content (AvgIpc) is 2.13. The standard InChI is InChI=1S/C11H20N2/c1-3-9-13-10-7-11(2)6-4-5-8-12/h4-6,8,13H,2-3,7,9-10,12H2,1H3/b6-4-,8-5-. The molecular formula is C11H20N2. The quantitative estimate of drug-likeness (QED) is 0.464. The highest BCUT2D eigenvalue weighted by molar-refractivity contribution is 5.18. The Bertz CT molecular complexity index is 181. The van der Waals surface area contributed by atoms with Crippen LogP contribution in [0.3, 0.4) is 0 Å². The molecule has 74 valence electrons. The smallest absolute Gasteiger partial charge is 0.000857 e. The summed E-state index contributed by atoms with van der Waals surface area (Å²) < 4.78 is 0. The monoisotopic (exact) mass is 180 g/mol. The third-order valence-electron chi connectivity index (χ3n) is 1.60. The first-order chi connectivity index (χ1) is 6.31. The molecule has 0 spiro atoms. The third-order valence-corrected chi connectivity index (χ3v) is 1.60. The predicted octanol–water partition coefficient (Wildman–Crippen LogP) is 1.96. The van der Waals surface area contributed by atoms with Crippen LogP contribution in [0.25, 0.3) is 0 Å². The van der Waals surface area contributed by atoms with Crippen molar-refractivity contribution in [3.63, 3.8) is 0 Å². The van der Waals surface area contributed by atoms with E-state index in [1.165, 1.54) is 12.6 Å². The average molecular weight is 180 g/mol. The Hall–Kier alpha value is -1.02. The topological polar surface area (TPSA) is 38.0 Å². The molecule has 2 heteroatoms. The van der Waals surface area contributed by atoms with Gasteiger partial charge in [0.25, 0.3) is 0 Å². The number of hydrogen-bond donors (Lipinski definition) is 2. The van der Waals surface area contributed by atoms with E-state index >= 15 is 0 Å². The molecule has 0 amide bonds. The molecule has 0 aliphatic rings. The van der Waals surface area contributed by atoms with E-state index in [0.717, 1.165) is 25.1 Å². The van der Waals surface area contributed by atoms with Gasteiger partial charge in [0.05, 0.1) is 0 Å². The second-order valence-corrected chi connectivity index (χ2v) is 2.90. The number of rotatable bonds is 7. The molecular weight excluding hydrogens is 160 g/mol. The molecule has 0 aliphatic heterocycles. The van der Waals surface area contributed by atoms with Gasteiger partial charge in [-0.3, -0.25) is 0 Å². The summed E-state index contributed by atoms with van der Waals surface area (Å²) in [4.78, 5) is 0. The fraction of sp³-hybridized carbons (Fsp3) is 0.455. The van der Waals surface area contributed by atoms with E-state index in [4.69, 9.17) is 5.73 Å². The van der Waals surface area contributed by atoms with E-state index in [1.54, 1.807) is 6.08 Å². The highest BCUT2D eigenvalue weighted by atomic mass is 14.8. The molecule has 0 aromatic rings. The van der Waals surface area contributed by atoms with Crippen molar-refractivity contribution in [2.75, 3.05) is 13.1 Å². The SMILES string of the molecule is C=C(/C=C\C=C/N)CCNCCC. The normalized spacial score (nSPS) is 11.5. The molecule has 0 heterocycles. The Labute approximate surface area is 81.2 Å². The molecule has 0 aliphatic carbocycles. The van der Waals surface area contributed by atoms with E-state index in [-0.39, 0.29) is 0 Å². The van der Waals surface area contributed by atoms with E-state index in [0.29, 0.717) is 0 Å². The van der Waals surface area contributed by atoms with Crippen molar-refractivity contribution in [3.05, 3.63) is 36.6 Å². The van der Waals surface area contributed by atoms with Gasteiger partial charge in [0.15, 0.2) is 0 Å². The Morgan fingerprint density at radius 1 is 1.38 bits per heavy atom. The lowest BCUT2D eigenvalue weighted by Gasteiger charge is -2.01. The van der Waals surface area contributed by atoms with Gasteiger partial charge in [-0.1, -0.05) is 31.2 Å². The molecule has 0 fully saturated rings. The van der Waals surface area contributed by atoms with Gasteiger partial charge in [-0.05, 0) is 38.2 Å². The lowest BCUT2D eigenvalue weighted by molar-refractivity contribution is 0.673. The zero-order valence-electron chi connectivity index (χ0n) is 8.42. The molecule has 0 saturated carbocycles. The summed E-state index contributed by atoms with van der Waals surface area (Å²) in [5, 5.41) is 3.32. The maximum atomic E-state index is 5.18. The second kappa shape index (κ2) is 9.07. The van der Waals surface area contributed by atoms with Crippen LogP contribution in [0.1, 0.15) is 19.8 Å². The van der Waals surface area contributed by atoms with Gasteiger partial charge in [-0.15, -0.1) is 0 Å². The van der Waals surface area contributed by atoms with Crippen molar-refractivity contribution in [2.24, 2.45) is 5.73 Å². The first-order valence-electron chi connectivity index (χ1n) is 4.74. The zero-order chi connectivity index (χ0) is 9.94. The van der Waals surface area contributed by atoms with E-state index < -0.39 is 0 Å². The highest BCUT2D eigenvalue weighted by Crippen LogP contribution is 1.98. The minimum Gasteiger partial charge on any atom is -0.405 e. The van der Waals surface area contributed by atoms with E-state index in [1.807, 2.05) is 12.2 Å². The number of hydrogen-bond acceptors (Lipinski definition) is 2. The van der Waals surface area contributed by atoms with Gasteiger partial charge in [0.2, 0.25) is 0 Å². The lowest BCUT2D eigenvalue weighted by atomic mass is 10.2. The largest absolute Gasteiger partial charge is 0.405 e. The van der Waals surface area contributed by atoms with Gasteiger partial charge in [0.1, 0.15) is 0 Å². The van der Waals surface area contributed by atoms with Crippen LogP contribution in [-0.2, 0) is 0 Å². The summed E-state index contributed by atoms with van der Waals surface area (Å²) >= 11 is 0. The third kappa shape index (κ3) is 8.89. The van der Waals surface area contributed by atoms with Crippen LogP contribution >= 0.6 is 0 Å². The number of allylic oxidation sites excluding steroid dienone is 3. The van der Waals surface area contributed by atoms with Crippen molar-refractivity contribution in [3.8, 4) is 0 Å². The molecule has 0 rings (SSSR count). The van der Waals surface area contributed by atoms with Crippen molar-refractivity contribution in [1.29, 1.82) is 0 Å². The van der Waals surface area contributed by atoms with Crippen LogP contribution in [0.5, 0.6) is 0 Å². The summed E-state index contributed by atoms with van der Waals surface area (Å²) in [5.41, 5.74) is 6.31. The molecule has 2 nitrogen and oxygen atoms in total. The van der Waals surface area contributed by atoms with Gasteiger partial charge in [-0.2, -0.15) is 0 Å². The fourth-order valence-corrected chi connectivity index (χ4v) is 0.890. The van der Waals surface area contributed by atoms with Crippen LogP contribution < -0.4 is 11.1 Å². The summed E-state index contributed by atoms with van der Waals surface area (Å²) in [7, 11) is 0. The summed E-state index contributed by atoms with van der Waals surface area (Å²) in [6.07, 6.45) is 9.37. The van der Waals surface area contributed by atoms with Crippen LogP contribution in [-0.4, -0.2) is 13.1 Å². The van der Waals surface area contributed by atoms with Crippen LogP contribution in [0.2, 0.25) is 0 Å². The Morgan fingerprint density at radius 3 is 2.77 bits per heavy atom. The van der Waals surface area contributed by atoms with Crippen LogP contribution in [0.4, 0.5) is 0 Å². The summed E-state index contributed by atoms with van der Waals surface area (Å²) in [6.45, 7) is 8.17.